The molecule has 0 amide bonds. The molecule has 1 fully saturated rings. The molecule has 1 aromatic rings. The summed E-state index contributed by atoms with van der Waals surface area (Å²) in [7, 11) is 0. The molecule has 0 bridgehead atoms. The Morgan fingerprint density at radius 1 is 1.05 bits per heavy atom. The third-order valence-electron chi connectivity index (χ3n) is 4.06. The fourth-order valence-electron chi connectivity index (χ4n) is 2.82. The molecular formula is C16H18O6. The summed E-state index contributed by atoms with van der Waals surface area (Å²) in [5.74, 6) is -4.06. The number of phenolic OH excluding ortho intramolecular Hbond substituents is 3. The Balaban J connectivity index is 2.37. The number of carbonyl (C=O) groups excluding carboxylic acids is 2. The molecule has 0 radical (unpaired) electrons. The Kier molecular flexibility index (Phi) is 4.23. The second-order valence-corrected chi connectivity index (χ2v) is 5.69. The third-order valence-corrected chi connectivity index (χ3v) is 4.06. The van der Waals surface area contributed by atoms with Gasteiger partial charge in [0, 0.05) is 12.0 Å². The van der Waals surface area contributed by atoms with E-state index >= 15 is 0 Å². The number of carbonyl (C=O) groups is 2. The number of allylic oxidation sites excluding steroid dienone is 1. The first-order valence-corrected chi connectivity index (χ1v) is 6.86. The molecule has 0 aromatic heterocycles. The van der Waals surface area contributed by atoms with Gasteiger partial charge in [-0.05, 0) is 25.8 Å². The molecule has 6 heteroatoms. The number of hydrogen-bond donors (Lipinski definition) is 4. The van der Waals surface area contributed by atoms with Gasteiger partial charge in [-0.25, -0.2) is 0 Å². The lowest BCUT2D eigenvalue weighted by atomic mass is 9.72. The highest BCUT2D eigenvalue weighted by atomic mass is 16.3. The Morgan fingerprint density at radius 3 is 2.18 bits per heavy atom. The van der Waals surface area contributed by atoms with Gasteiger partial charge in [-0.15, -0.1) is 0 Å². The van der Waals surface area contributed by atoms with Crippen LogP contribution in [0.25, 0.3) is 0 Å². The highest BCUT2D eigenvalue weighted by molar-refractivity contribution is 6.02. The van der Waals surface area contributed by atoms with Gasteiger partial charge in [-0.1, -0.05) is 12.2 Å². The van der Waals surface area contributed by atoms with E-state index < -0.39 is 41.0 Å². The number of phenols is 3. The van der Waals surface area contributed by atoms with E-state index in [0.29, 0.717) is 12.0 Å². The molecule has 0 heterocycles. The van der Waals surface area contributed by atoms with E-state index in [4.69, 9.17) is 0 Å². The fourth-order valence-corrected chi connectivity index (χ4v) is 2.82. The molecule has 3 atom stereocenters. The van der Waals surface area contributed by atoms with Crippen molar-refractivity contribution in [3.05, 3.63) is 29.8 Å². The number of aromatic hydroxyl groups is 3. The molecule has 0 saturated heterocycles. The Bertz CT molecular complexity index is 648. The predicted molar refractivity (Wildman–Crippen MR) is 77.8 cm³/mol. The summed E-state index contributed by atoms with van der Waals surface area (Å²) in [6.45, 7) is 5.14. The van der Waals surface area contributed by atoms with Crippen molar-refractivity contribution in [2.24, 2.45) is 11.8 Å². The minimum atomic E-state index is -1.18. The minimum absolute atomic E-state index is 0.199. The summed E-state index contributed by atoms with van der Waals surface area (Å²) in [4.78, 5) is 24.1. The largest absolute Gasteiger partial charge is 0.507 e. The van der Waals surface area contributed by atoms with E-state index in [-0.39, 0.29) is 17.8 Å². The van der Waals surface area contributed by atoms with Crippen molar-refractivity contribution in [3.8, 4) is 17.2 Å². The lowest BCUT2D eigenvalue weighted by Crippen LogP contribution is -2.41. The lowest BCUT2D eigenvalue weighted by Gasteiger charge is -2.34. The van der Waals surface area contributed by atoms with E-state index in [1.54, 1.807) is 0 Å². The highest BCUT2D eigenvalue weighted by Gasteiger charge is 2.40. The van der Waals surface area contributed by atoms with Crippen molar-refractivity contribution in [2.45, 2.75) is 25.9 Å². The van der Waals surface area contributed by atoms with E-state index in [9.17, 15) is 30.0 Å². The summed E-state index contributed by atoms with van der Waals surface area (Å²) in [5, 5.41) is 38.8. The fraction of sp³-hybridized carbons (Fsp3) is 0.375. The van der Waals surface area contributed by atoms with Gasteiger partial charge in [-0.3, -0.25) is 9.59 Å². The minimum Gasteiger partial charge on any atom is -0.507 e. The smallest absolute Gasteiger partial charge is 0.172 e. The van der Waals surface area contributed by atoms with Gasteiger partial charge >= 0.3 is 0 Å². The van der Waals surface area contributed by atoms with Gasteiger partial charge in [0.1, 0.15) is 11.5 Å². The molecule has 6 nitrogen and oxygen atoms in total. The van der Waals surface area contributed by atoms with Crippen molar-refractivity contribution >= 4 is 11.6 Å². The molecule has 1 saturated carbocycles. The van der Waals surface area contributed by atoms with Crippen LogP contribution in [0.2, 0.25) is 0 Å². The number of ketones is 2. The number of benzene rings is 1. The maximum Gasteiger partial charge on any atom is 0.172 e. The number of hydrogen-bond acceptors (Lipinski definition) is 6. The molecule has 1 aliphatic rings. The maximum atomic E-state index is 12.5. The van der Waals surface area contributed by atoms with Crippen LogP contribution in [-0.2, 0) is 4.79 Å². The molecule has 1 aromatic carbocycles. The monoisotopic (exact) mass is 306 g/mol. The van der Waals surface area contributed by atoms with E-state index in [1.807, 2.05) is 0 Å². The van der Waals surface area contributed by atoms with Crippen LogP contribution >= 0.6 is 0 Å². The molecule has 0 spiro atoms. The summed E-state index contributed by atoms with van der Waals surface area (Å²) < 4.78 is 0. The summed E-state index contributed by atoms with van der Waals surface area (Å²) in [6.07, 6.45) is -0.649. The molecule has 0 aliphatic heterocycles. The zero-order valence-corrected chi connectivity index (χ0v) is 12.1. The van der Waals surface area contributed by atoms with Gasteiger partial charge in [0.05, 0.1) is 17.6 Å². The van der Waals surface area contributed by atoms with Crippen LogP contribution in [-0.4, -0.2) is 38.1 Å². The molecule has 22 heavy (non-hydrogen) atoms. The Hall–Kier alpha value is -2.34. The third kappa shape index (κ3) is 2.82. The summed E-state index contributed by atoms with van der Waals surface area (Å²) in [6, 6.07) is 1.80. The van der Waals surface area contributed by atoms with Crippen molar-refractivity contribution in [1.82, 2.24) is 0 Å². The first-order chi connectivity index (χ1) is 10.2. The van der Waals surface area contributed by atoms with Gasteiger partial charge in [-0.2, -0.15) is 0 Å². The molecule has 1 aliphatic carbocycles. The predicted octanol–water partition coefficient (Wildman–Crippen LogP) is 1.52. The van der Waals surface area contributed by atoms with Gasteiger partial charge in [0.2, 0.25) is 0 Å². The lowest BCUT2D eigenvalue weighted by molar-refractivity contribution is -0.125. The standard InChI is InChI=1S/C16H18O6/c1-7-3-9(8(2)17)15(21)11(4-7)16(22)10-5-13(19)14(20)6-12(10)18/h5-6,9,11,15,18-21H,1,3-4H2,2H3. The number of rotatable bonds is 3. The quantitative estimate of drug-likeness (QED) is 0.291. The SMILES string of the molecule is C=C1CC(C(C)=O)C(O)C(C(=O)c2cc(O)c(O)cc2O)C1. The second-order valence-electron chi connectivity index (χ2n) is 5.69. The molecule has 4 N–H and O–H groups in total. The highest BCUT2D eigenvalue weighted by Crippen LogP contribution is 2.39. The van der Waals surface area contributed by atoms with Crippen LogP contribution in [0.1, 0.15) is 30.1 Å². The van der Waals surface area contributed by atoms with E-state index in [0.717, 1.165) is 12.1 Å². The Morgan fingerprint density at radius 2 is 1.59 bits per heavy atom. The van der Waals surface area contributed by atoms with Crippen LogP contribution in [0.5, 0.6) is 17.2 Å². The van der Waals surface area contributed by atoms with Crippen molar-refractivity contribution in [3.63, 3.8) is 0 Å². The zero-order chi connectivity index (χ0) is 16.6. The van der Waals surface area contributed by atoms with Crippen molar-refractivity contribution in [1.29, 1.82) is 0 Å². The van der Waals surface area contributed by atoms with Crippen LogP contribution < -0.4 is 0 Å². The molecule has 2 rings (SSSR count). The normalized spacial score (nSPS) is 25.0. The van der Waals surface area contributed by atoms with Crippen LogP contribution in [0, 0.1) is 11.8 Å². The first kappa shape index (κ1) is 16.0. The van der Waals surface area contributed by atoms with Crippen LogP contribution in [0.15, 0.2) is 24.3 Å². The number of aliphatic hydroxyl groups is 1. The van der Waals surface area contributed by atoms with E-state index in [2.05, 4.69) is 6.58 Å². The van der Waals surface area contributed by atoms with Crippen LogP contribution in [0.3, 0.4) is 0 Å². The average Bonchev–Trinajstić information content (AvgIpc) is 2.44. The van der Waals surface area contributed by atoms with Gasteiger partial charge in [0.25, 0.3) is 0 Å². The summed E-state index contributed by atoms with van der Waals surface area (Å²) in [5.41, 5.74) is 0.461. The number of aliphatic hydroxyl groups excluding tert-OH is 1. The molecule has 118 valence electrons. The van der Waals surface area contributed by atoms with E-state index in [1.165, 1.54) is 6.92 Å². The summed E-state index contributed by atoms with van der Waals surface area (Å²) >= 11 is 0. The molecule has 3 unspecified atom stereocenters. The topological polar surface area (TPSA) is 115 Å². The van der Waals surface area contributed by atoms with Gasteiger partial charge in [0.15, 0.2) is 17.3 Å². The Labute approximate surface area is 127 Å². The zero-order valence-electron chi connectivity index (χ0n) is 12.1. The van der Waals surface area contributed by atoms with Crippen LogP contribution in [0.4, 0.5) is 0 Å². The average molecular weight is 306 g/mol. The van der Waals surface area contributed by atoms with Crippen molar-refractivity contribution < 1.29 is 30.0 Å². The molecular weight excluding hydrogens is 288 g/mol. The maximum absolute atomic E-state index is 12.5. The number of Topliss-reactive ketones (excluding diaryl/α,β-unsaturated/α-hetero) is 2. The second kappa shape index (κ2) is 5.81. The first-order valence-electron chi connectivity index (χ1n) is 6.86. The van der Waals surface area contributed by atoms with Gasteiger partial charge < -0.3 is 20.4 Å². The van der Waals surface area contributed by atoms with Crippen molar-refractivity contribution in [2.75, 3.05) is 0 Å².